The first kappa shape index (κ1) is 22.2. The highest BCUT2D eigenvalue weighted by atomic mass is 32.1. The number of ether oxygens (including phenoxy) is 1. The predicted octanol–water partition coefficient (Wildman–Crippen LogP) is 6.28. The van der Waals surface area contributed by atoms with E-state index in [2.05, 4.69) is 23.1 Å². The Labute approximate surface area is 199 Å². The van der Waals surface area contributed by atoms with Gasteiger partial charge in [-0.2, -0.15) is 0 Å². The van der Waals surface area contributed by atoms with Crippen molar-refractivity contribution >= 4 is 21.4 Å². The maximum atomic E-state index is 9.98. The summed E-state index contributed by atoms with van der Waals surface area (Å²) < 4.78 is 7.21. The maximum absolute atomic E-state index is 9.98. The van der Waals surface area contributed by atoms with Gasteiger partial charge < -0.3 is 19.8 Å². The fourth-order valence-electron chi connectivity index (χ4n) is 4.78. The summed E-state index contributed by atoms with van der Waals surface area (Å²) >= 11 is 1.69. The molecule has 1 fully saturated rings. The Morgan fingerprint density at radius 2 is 1.76 bits per heavy atom. The normalized spacial score (nSPS) is 19.2. The van der Waals surface area contributed by atoms with Crippen LogP contribution in [0.25, 0.3) is 20.5 Å². The van der Waals surface area contributed by atoms with E-state index in [0.717, 1.165) is 36.3 Å². The molecule has 5 heteroatoms. The maximum Gasteiger partial charge on any atom is 0.117 e. The lowest BCUT2D eigenvalue weighted by Gasteiger charge is -2.27. The Hall–Kier alpha value is -2.60. The Kier molecular flexibility index (Phi) is 6.81. The van der Waals surface area contributed by atoms with E-state index in [1.54, 1.807) is 29.5 Å². The number of piperidine rings is 1. The predicted molar refractivity (Wildman–Crippen MR) is 136 cm³/mol. The summed E-state index contributed by atoms with van der Waals surface area (Å²) in [6.07, 6.45) is 12.6. The molecule has 1 aliphatic carbocycles. The number of fused-ring (bicyclic) bond motifs is 1. The van der Waals surface area contributed by atoms with Crippen molar-refractivity contribution in [2.24, 2.45) is 0 Å². The largest absolute Gasteiger partial charge is 0.508 e. The Morgan fingerprint density at radius 1 is 0.970 bits per heavy atom. The number of nitrogens with zero attached hydrogens (tertiary/aromatic N) is 1. The summed E-state index contributed by atoms with van der Waals surface area (Å²) in [5, 5.41) is 20.9. The summed E-state index contributed by atoms with van der Waals surface area (Å²) in [7, 11) is 0. The number of benzene rings is 2. The van der Waals surface area contributed by atoms with Crippen molar-refractivity contribution < 1.29 is 14.9 Å². The van der Waals surface area contributed by atoms with Crippen molar-refractivity contribution in [3.05, 3.63) is 71.8 Å². The SMILES string of the molecule is Oc1ccc(-c2sc3cc(O)ccc3c2CC2=CCC(OCCN3CCCCC3)C=C2)cc1. The second-order valence-corrected chi connectivity index (χ2v) is 10.1. The third kappa shape index (κ3) is 5.32. The van der Waals surface area contributed by atoms with E-state index >= 15 is 0 Å². The molecule has 3 aromatic rings. The van der Waals surface area contributed by atoms with Crippen molar-refractivity contribution in [2.75, 3.05) is 26.2 Å². The van der Waals surface area contributed by atoms with E-state index in [1.165, 1.54) is 53.8 Å². The monoisotopic (exact) mass is 461 g/mol. The molecular formula is C28H31NO3S. The average molecular weight is 462 g/mol. The number of hydrogen-bond donors (Lipinski definition) is 2. The van der Waals surface area contributed by atoms with Crippen LogP contribution < -0.4 is 0 Å². The molecule has 1 aliphatic heterocycles. The Morgan fingerprint density at radius 3 is 2.52 bits per heavy atom. The molecule has 2 aliphatic rings. The van der Waals surface area contributed by atoms with Crippen LogP contribution in [0.3, 0.4) is 0 Å². The number of aromatic hydroxyl groups is 2. The number of rotatable bonds is 7. The van der Waals surface area contributed by atoms with Crippen LogP contribution in [0.1, 0.15) is 31.2 Å². The second-order valence-electron chi connectivity index (χ2n) is 9.00. The van der Waals surface area contributed by atoms with E-state index < -0.39 is 0 Å². The molecular weight excluding hydrogens is 430 g/mol. The van der Waals surface area contributed by atoms with Gasteiger partial charge in [-0.25, -0.2) is 0 Å². The summed E-state index contributed by atoms with van der Waals surface area (Å²) in [5.74, 6) is 0.553. The number of hydrogen-bond acceptors (Lipinski definition) is 5. The van der Waals surface area contributed by atoms with Gasteiger partial charge in [0.05, 0.1) is 12.7 Å². The molecule has 1 unspecified atom stereocenters. The van der Waals surface area contributed by atoms with Crippen molar-refractivity contribution in [3.8, 4) is 21.9 Å². The molecule has 0 radical (unpaired) electrons. The average Bonchev–Trinajstić information content (AvgIpc) is 3.18. The Bertz CT molecular complexity index is 1160. The molecule has 33 heavy (non-hydrogen) atoms. The second kappa shape index (κ2) is 10.1. The molecule has 0 saturated carbocycles. The molecule has 1 saturated heterocycles. The molecule has 172 valence electrons. The first-order valence-electron chi connectivity index (χ1n) is 11.9. The van der Waals surface area contributed by atoms with Gasteiger partial charge >= 0.3 is 0 Å². The molecule has 1 atom stereocenters. The lowest BCUT2D eigenvalue weighted by Crippen LogP contribution is -2.33. The van der Waals surface area contributed by atoms with E-state index in [-0.39, 0.29) is 17.6 Å². The highest BCUT2D eigenvalue weighted by molar-refractivity contribution is 7.22. The zero-order chi connectivity index (χ0) is 22.6. The first-order chi connectivity index (χ1) is 16.2. The van der Waals surface area contributed by atoms with E-state index in [9.17, 15) is 10.2 Å². The molecule has 2 N–H and O–H groups in total. The van der Waals surface area contributed by atoms with Crippen LogP contribution in [0.15, 0.2) is 66.3 Å². The third-order valence-electron chi connectivity index (χ3n) is 6.61. The molecule has 2 heterocycles. The Balaban J connectivity index is 1.28. The van der Waals surface area contributed by atoms with Gasteiger partial charge in [-0.1, -0.05) is 24.6 Å². The van der Waals surface area contributed by atoms with E-state index in [1.807, 2.05) is 24.3 Å². The number of allylic oxidation sites excluding steroid dienone is 2. The topological polar surface area (TPSA) is 52.9 Å². The number of likely N-dealkylation sites (tertiary alicyclic amines) is 1. The standard InChI is InChI=1S/C28H31NO3S/c30-22-8-6-21(7-9-22)28-26(25-13-10-23(31)19-27(25)33-28)18-20-4-11-24(12-5-20)32-17-16-29-14-2-1-3-15-29/h4-11,13,19,24,30-31H,1-3,12,14-18H2. The van der Waals surface area contributed by atoms with Crippen LogP contribution in [-0.4, -0.2) is 47.5 Å². The van der Waals surface area contributed by atoms with Crippen LogP contribution in [-0.2, 0) is 11.2 Å². The van der Waals surface area contributed by atoms with Crippen molar-refractivity contribution in [1.82, 2.24) is 4.90 Å². The fourth-order valence-corrected chi connectivity index (χ4v) is 6.04. The number of phenolic OH excluding ortho intramolecular Hbond substituents is 2. The van der Waals surface area contributed by atoms with E-state index in [0.29, 0.717) is 0 Å². The smallest absolute Gasteiger partial charge is 0.117 e. The van der Waals surface area contributed by atoms with Gasteiger partial charge in [0.2, 0.25) is 0 Å². The summed E-state index contributed by atoms with van der Waals surface area (Å²) in [6, 6.07) is 13.0. The molecule has 1 aromatic heterocycles. The summed E-state index contributed by atoms with van der Waals surface area (Å²) in [6.45, 7) is 4.25. The van der Waals surface area contributed by atoms with Crippen LogP contribution in [0, 0.1) is 0 Å². The summed E-state index contributed by atoms with van der Waals surface area (Å²) in [4.78, 5) is 3.70. The van der Waals surface area contributed by atoms with Crippen LogP contribution >= 0.6 is 11.3 Å². The molecule has 0 bridgehead atoms. The quantitative estimate of drug-likeness (QED) is 0.435. The van der Waals surface area contributed by atoms with E-state index in [4.69, 9.17) is 4.74 Å². The van der Waals surface area contributed by atoms with Crippen molar-refractivity contribution in [1.29, 1.82) is 0 Å². The van der Waals surface area contributed by atoms with Gasteiger partial charge in [0.25, 0.3) is 0 Å². The molecule has 4 nitrogen and oxygen atoms in total. The van der Waals surface area contributed by atoms with Crippen molar-refractivity contribution in [2.45, 2.75) is 38.2 Å². The minimum Gasteiger partial charge on any atom is -0.508 e. The van der Waals surface area contributed by atoms with Gasteiger partial charge in [-0.3, -0.25) is 0 Å². The molecule has 2 aromatic carbocycles. The van der Waals surface area contributed by atoms with Gasteiger partial charge in [-0.15, -0.1) is 11.3 Å². The number of phenols is 2. The van der Waals surface area contributed by atoms with Crippen LogP contribution in [0.2, 0.25) is 0 Å². The first-order valence-corrected chi connectivity index (χ1v) is 12.7. The molecule has 5 rings (SSSR count). The minimum absolute atomic E-state index is 0.159. The van der Waals surface area contributed by atoms with Gasteiger partial charge in [0.1, 0.15) is 11.5 Å². The van der Waals surface area contributed by atoms with Crippen LogP contribution in [0.4, 0.5) is 0 Å². The van der Waals surface area contributed by atoms with Gasteiger partial charge in [0.15, 0.2) is 0 Å². The highest BCUT2D eigenvalue weighted by Gasteiger charge is 2.18. The van der Waals surface area contributed by atoms with Crippen molar-refractivity contribution in [3.63, 3.8) is 0 Å². The van der Waals surface area contributed by atoms with Gasteiger partial charge in [-0.05, 0) is 103 Å². The zero-order valence-corrected chi connectivity index (χ0v) is 19.7. The summed E-state index contributed by atoms with van der Waals surface area (Å²) in [5.41, 5.74) is 3.64. The highest BCUT2D eigenvalue weighted by Crippen LogP contribution is 2.41. The lowest BCUT2D eigenvalue weighted by molar-refractivity contribution is 0.0609. The van der Waals surface area contributed by atoms with Crippen LogP contribution in [0.5, 0.6) is 11.5 Å². The molecule has 0 amide bonds. The molecule has 0 spiro atoms. The number of thiophene rings is 1. The lowest BCUT2D eigenvalue weighted by atomic mass is 9.95. The van der Waals surface area contributed by atoms with Gasteiger partial charge in [0, 0.05) is 16.1 Å². The zero-order valence-electron chi connectivity index (χ0n) is 18.9. The third-order valence-corrected chi connectivity index (χ3v) is 7.86. The fraction of sp³-hybridized carbons (Fsp3) is 0.357. The minimum atomic E-state index is 0.159.